The highest BCUT2D eigenvalue weighted by molar-refractivity contribution is 5.93. The number of carbonyl (C=O) groups is 1. The average Bonchev–Trinajstić information content (AvgIpc) is 2.80. The number of benzene rings is 1. The molecule has 0 unspecified atom stereocenters. The molecule has 154 valence electrons. The number of carbonyl (C=O) groups excluding carboxylic acids is 1. The van der Waals surface area contributed by atoms with E-state index < -0.39 is 0 Å². The first kappa shape index (κ1) is 19.8. The summed E-state index contributed by atoms with van der Waals surface area (Å²) in [5.74, 6) is 1.38. The van der Waals surface area contributed by atoms with E-state index in [4.69, 9.17) is 4.98 Å². The van der Waals surface area contributed by atoms with Crippen molar-refractivity contribution in [3.8, 4) is 11.4 Å². The van der Waals surface area contributed by atoms with Gasteiger partial charge in [-0.1, -0.05) is 56.5 Å². The fourth-order valence-electron chi connectivity index (χ4n) is 4.23. The third-order valence-corrected chi connectivity index (χ3v) is 6.04. The van der Waals surface area contributed by atoms with Gasteiger partial charge in [0.1, 0.15) is 11.5 Å². The van der Waals surface area contributed by atoms with E-state index in [0.29, 0.717) is 17.6 Å². The molecule has 1 aliphatic heterocycles. The van der Waals surface area contributed by atoms with Gasteiger partial charge in [0.2, 0.25) is 0 Å². The topological polar surface area (TPSA) is 61.4 Å². The molecule has 1 aromatic heterocycles. The van der Waals surface area contributed by atoms with Gasteiger partial charge in [-0.15, -0.1) is 0 Å². The second kappa shape index (κ2) is 9.35. The number of hydrogen-bond acceptors (Lipinski definition) is 5. The maximum atomic E-state index is 13.2. The maximum Gasteiger partial charge on any atom is 0.272 e. The van der Waals surface area contributed by atoms with Crippen molar-refractivity contribution in [1.82, 2.24) is 19.8 Å². The third kappa shape index (κ3) is 4.93. The van der Waals surface area contributed by atoms with Gasteiger partial charge < -0.3 is 15.1 Å². The van der Waals surface area contributed by atoms with Crippen LogP contribution in [0.2, 0.25) is 0 Å². The molecule has 2 heterocycles. The molecular formula is C23H31N5O. The Balaban J connectivity index is 1.59. The third-order valence-electron chi connectivity index (χ3n) is 6.04. The molecule has 0 radical (unpaired) electrons. The van der Waals surface area contributed by atoms with Gasteiger partial charge >= 0.3 is 0 Å². The molecule has 1 aromatic carbocycles. The minimum Gasteiger partial charge on any atom is -0.367 e. The summed E-state index contributed by atoms with van der Waals surface area (Å²) in [6.07, 6.45) is 6.13. The van der Waals surface area contributed by atoms with Crippen molar-refractivity contribution in [2.75, 3.05) is 38.0 Å². The van der Waals surface area contributed by atoms with Crippen molar-refractivity contribution in [1.29, 1.82) is 0 Å². The monoisotopic (exact) mass is 393 g/mol. The lowest BCUT2D eigenvalue weighted by molar-refractivity contribution is 0.0637. The van der Waals surface area contributed by atoms with Crippen LogP contribution in [-0.4, -0.2) is 64.4 Å². The number of hydrogen-bond donors (Lipinski definition) is 1. The lowest BCUT2D eigenvalue weighted by Crippen LogP contribution is -2.48. The molecule has 29 heavy (non-hydrogen) atoms. The van der Waals surface area contributed by atoms with Crippen molar-refractivity contribution in [3.05, 3.63) is 42.1 Å². The van der Waals surface area contributed by atoms with Crippen LogP contribution in [0.1, 0.15) is 49.5 Å². The van der Waals surface area contributed by atoms with E-state index in [1.165, 1.54) is 19.3 Å². The Kier molecular flexibility index (Phi) is 6.39. The van der Waals surface area contributed by atoms with E-state index in [9.17, 15) is 4.79 Å². The molecule has 0 bridgehead atoms. The minimum atomic E-state index is 0.00651. The van der Waals surface area contributed by atoms with Crippen LogP contribution in [0.15, 0.2) is 36.4 Å². The number of amides is 1. The Morgan fingerprint density at radius 2 is 1.76 bits per heavy atom. The second-order valence-electron chi connectivity index (χ2n) is 8.03. The lowest BCUT2D eigenvalue weighted by atomic mass is 9.95. The quantitative estimate of drug-likeness (QED) is 0.840. The Morgan fingerprint density at radius 3 is 2.45 bits per heavy atom. The molecule has 1 N–H and O–H groups in total. The number of piperazine rings is 1. The van der Waals surface area contributed by atoms with Crippen molar-refractivity contribution in [2.45, 2.75) is 45.1 Å². The maximum absolute atomic E-state index is 13.2. The normalized spacial score (nSPS) is 18.6. The van der Waals surface area contributed by atoms with E-state index in [-0.39, 0.29) is 5.91 Å². The van der Waals surface area contributed by atoms with Crippen molar-refractivity contribution < 1.29 is 4.79 Å². The van der Waals surface area contributed by atoms with E-state index in [1.807, 2.05) is 41.3 Å². The fraction of sp³-hybridized carbons (Fsp3) is 0.522. The van der Waals surface area contributed by atoms with Gasteiger partial charge in [-0.2, -0.15) is 0 Å². The summed E-state index contributed by atoms with van der Waals surface area (Å²) in [7, 11) is 0. The summed E-state index contributed by atoms with van der Waals surface area (Å²) >= 11 is 0. The molecule has 6 nitrogen and oxygen atoms in total. The summed E-state index contributed by atoms with van der Waals surface area (Å²) < 4.78 is 0. The number of anilines is 1. The predicted molar refractivity (Wildman–Crippen MR) is 116 cm³/mol. The van der Waals surface area contributed by atoms with Crippen LogP contribution < -0.4 is 5.32 Å². The van der Waals surface area contributed by atoms with Gasteiger partial charge in [0, 0.05) is 43.9 Å². The molecule has 2 aromatic rings. The molecule has 4 rings (SSSR count). The number of aromatic nitrogens is 2. The van der Waals surface area contributed by atoms with Crippen LogP contribution >= 0.6 is 0 Å². The first-order chi connectivity index (χ1) is 14.2. The van der Waals surface area contributed by atoms with Gasteiger partial charge in [0.25, 0.3) is 5.91 Å². The lowest BCUT2D eigenvalue weighted by Gasteiger charge is -2.34. The highest BCUT2D eigenvalue weighted by Crippen LogP contribution is 2.24. The van der Waals surface area contributed by atoms with E-state index in [2.05, 4.69) is 22.1 Å². The zero-order valence-corrected chi connectivity index (χ0v) is 17.3. The van der Waals surface area contributed by atoms with Crippen molar-refractivity contribution in [3.63, 3.8) is 0 Å². The van der Waals surface area contributed by atoms with Crippen LogP contribution in [-0.2, 0) is 0 Å². The Morgan fingerprint density at radius 1 is 1.03 bits per heavy atom. The SMILES string of the molecule is CCN1CCN(C(=O)c2cc(NC3CCCCC3)nc(-c3ccccc3)n2)CC1. The van der Waals surface area contributed by atoms with Crippen molar-refractivity contribution in [2.24, 2.45) is 0 Å². The van der Waals surface area contributed by atoms with Crippen LogP contribution in [0, 0.1) is 0 Å². The van der Waals surface area contributed by atoms with Gasteiger partial charge in [-0.3, -0.25) is 4.79 Å². The van der Waals surface area contributed by atoms with Gasteiger partial charge in [0.05, 0.1) is 0 Å². The predicted octanol–water partition coefficient (Wildman–Crippen LogP) is 3.67. The molecule has 2 aliphatic rings. The standard InChI is InChI=1S/C23H31N5O/c1-2-27-13-15-28(16-14-27)23(29)20-17-21(24-19-11-7-4-8-12-19)26-22(25-20)18-9-5-3-6-10-18/h3,5-6,9-10,17,19H,2,4,7-8,11-16H2,1H3,(H,24,25,26). The van der Waals surface area contributed by atoms with E-state index in [1.54, 1.807) is 0 Å². The molecule has 1 saturated heterocycles. The smallest absolute Gasteiger partial charge is 0.272 e. The van der Waals surface area contributed by atoms with Crippen LogP contribution in [0.3, 0.4) is 0 Å². The average molecular weight is 394 g/mol. The molecule has 2 fully saturated rings. The van der Waals surface area contributed by atoms with E-state index >= 15 is 0 Å². The number of likely N-dealkylation sites (N-methyl/N-ethyl adjacent to an activating group) is 1. The highest BCUT2D eigenvalue weighted by Gasteiger charge is 2.24. The molecule has 6 heteroatoms. The second-order valence-corrected chi connectivity index (χ2v) is 8.03. The van der Waals surface area contributed by atoms with Gasteiger partial charge in [0.15, 0.2) is 5.82 Å². The minimum absolute atomic E-state index is 0.00651. The first-order valence-electron chi connectivity index (χ1n) is 11.0. The largest absolute Gasteiger partial charge is 0.367 e. The zero-order chi connectivity index (χ0) is 20.1. The first-order valence-corrected chi connectivity index (χ1v) is 11.0. The zero-order valence-electron chi connectivity index (χ0n) is 17.3. The Bertz CT molecular complexity index is 811. The van der Waals surface area contributed by atoms with E-state index in [0.717, 1.165) is 56.9 Å². The number of nitrogens with zero attached hydrogens (tertiary/aromatic N) is 4. The molecule has 0 atom stereocenters. The van der Waals surface area contributed by atoms with Gasteiger partial charge in [-0.25, -0.2) is 9.97 Å². The summed E-state index contributed by atoms with van der Waals surface area (Å²) in [4.78, 5) is 26.9. The molecule has 1 saturated carbocycles. The van der Waals surface area contributed by atoms with Crippen LogP contribution in [0.25, 0.3) is 11.4 Å². The highest BCUT2D eigenvalue weighted by atomic mass is 16.2. The molecule has 0 spiro atoms. The summed E-state index contributed by atoms with van der Waals surface area (Å²) in [6, 6.07) is 12.2. The molecular weight excluding hydrogens is 362 g/mol. The fourth-order valence-corrected chi connectivity index (χ4v) is 4.23. The summed E-state index contributed by atoms with van der Waals surface area (Å²) in [5, 5.41) is 3.58. The summed E-state index contributed by atoms with van der Waals surface area (Å²) in [5.41, 5.74) is 1.42. The number of rotatable bonds is 5. The molecule has 1 aliphatic carbocycles. The molecule has 1 amide bonds. The number of nitrogens with one attached hydrogen (secondary N) is 1. The van der Waals surface area contributed by atoms with Crippen molar-refractivity contribution >= 4 is 11.7 Å². The Labute approximate surface area is 173 Å². The van der Waals surface area contributed by atoms with Gasteiger partial charge in [-0.05, 0) is 19.4 Å². The van der Waals surface area contributed by atoms with Crippen LogP contribution in [0.5, 0.6) is 0 Å². The Hall–Kier alpha value is -2.47. The summed E-state index contributed by atoms with van der Waals surface area (Å²) in [6.45, 7) is 6.55. The van der Waals surface area contributed by atoms with Crippen LogP contribution in [0.4, 0.5) is 5.82 Å².